The van der Waals surface area contributed by atoms with E-state index < -0.39 is 0 Å². The van der Waals surface area contributed by atoms with Crippen LogP contribution in [0.1, 0.15) is 15.9 Å². The predicted octanol–water partition coefficient (Wildman–Crippen LogP) is 5.38. The van der Waals surface area contributed by atoms with Gasteiger partial charge in [0.25, 0.3) is 5.91 Å². The molecule has 1 fully saturated rings. The Labute approximate surface area is 203 Å². The molecular weight excluding hydrogens is 446 g/mol. The van der Waals surface area contributed by atoms with Crippen molar-refractivity contribution in [3.05, 3.63) is 83.9 Å². The van der Waals surface area contributed by atoms with Gasteiger partial charge in [0.15, 0.2) is 5.13 Å². The first-order valence-electron chi connectivity index (χ1n) is 11.5. The number of hydrogen-bond acceptors (Lipinski definition) is 6. The van der Waals surface area contributed by atoms with Gasteiger partial charge in [0.05, 0.1) is 29.0 Å². The number of fused-ring (bicyclic) bond motifs is 1. The van der Waals surface area contributed by atoms with Crippen LogP contribution in [0.5, 0.6) is 11.5 Å². The summed E-state index contributed by atoms with van der Waals surface area (Å²) in [6.07, 6.45) is 0. The average molecular weight is 474 g/mol. The Bertz CT molecular complexity index is 1270. The van der Waals surface area contributed by atoms with Crippen LogP contribution in [0.2, 0.25) is 0 Å². The molecular formula is C27H27N3O3S. The van der Waals surface area contributed by atoms with Gasteiger partial charge >= 0.3 is 0 Å². The van der Waals surface area contributed by atoms with Crippen molar-refractivity contribution >= 4 is 32.6 Å². The summed E-state index contributed by atoms with van der Waals surface area (Å²) in [6, 6.07) is 23.1. The maximum Gasteiger partial charge on any atom is 0.263 e. The molecule has 0 bridgehead atoms. The maximum atomic E-state index is 14.0. The van der Waals surface area contributed by atoms with Crippen LogP contribution >= 0.6 is 11.3 Å². The Kier molecular flexibility index (Phi) is 6.85. The highest BCUT2D eigenvalue weighted by Gasteiger charge is 2.25. The zero-order valence-electron chi connectivity index (χ0n) is 19.1. The van der Waals surface area contributed by atoms with Crippen molar-refractivity contribution in [2.45, 2.75) is 6.92 Å². The van der Waals surface area contributed by atoms with E-state index in [1.54, 1.807) is 16.2 Å². The number of amides is 1. The van der Waals surface area contributed by atoms with E-state index in [9.17, 15) is 4.79 Å². The second-order valence-electron chi connectivity index (χ2n) is 8.24. The SMILES string of the molecule is Cc1cccc2sc(N(CCN3CCOCC3)C(=O)c3ccccc3Oc3ccccc3)nc12. The second kappa shape index (κ2) is 10.3. The molecule has 2 heterocycles. The van der Waals surface area contributed by atoms with Gasteiger partial charge in [-0.25, -0.2) is 4.98 Å². The lowest BCUT2D eigenvalue weighted by Crippen LogP contribution is -2.43. The molecule has 174 valence electrons. The van der Waals surface area contributed by atoms with Crippen molar-refractivity contribution in [2.24, 2.45) is 0 Å². The number of aryl methyl sites for hydroxylation is 1. The van der Waals surface area contributed by atoms with Gasteiger partial charge in [-0.2, -0.15) is 0 Å². The summed E-state index contributed by atoms with van der Waals surface area (Å²) in [7, 11) is 0. The zero-order chi connectivity index (χ0) is 23.3. The third-order valence-corrected chi connectivity index (χ3v) is 6.96. The number of thiazole rings is 1. The highest BCUT2D eigenvalue weighted by Crippen LogP contribution is 2.33. The Morgan fingerprint density at radius 1 is 1.03 bits per heavy atom. The van der Waals surface area contributed by atoms with Gasteiger partial charge in [-0.3, -0.25) is 14.6 Å². The highest BCUT2D eigenvalue weighted by atomic mass is 32.1. The molecule has 0 N–H and O–H groups in total. The zero-order valence-corrected chi connectivity index (χ0v) is 20.0. The van der Waals surface area contributed by atoms with Crippen LogP contribution in [0.3, 0.4) is 0 Å². The van der Waals surface area contributed by atoms with Gasteiger partial charge in [-0.1, -0.05) is 53.8 Å². The van der Waals surface area contributed by atoms with Crippen molar-refractivity contribution in [1.82, 2.24) is 9.88 Å². The second-order valence-corrected chi connectivity index (χ2v) is 9.25. The van der Waals surface area contributed by atoms with E-state index in [1.165, 1.54) is 0 Å². The molecule has 1 saturated heterocycles. The predicted molar refractivity (Wildman–Crippen MR) is 136 cm³/mol. The van der Waals surface area contributed by atoms with Crippen LogP contribution in [0.4, 0.5) is 5.13 Å². The molecule has 0 atom stereocenters. The molecule has 0 unspecified atom stereocenters. The lowest BCUT2D eigenvalue weighted by Gasteiger charge is -2.29. The summed E-state index contributed by atoms with van der Waals surface area (Å²) in [4.78, 5) is 23.0. The minimum Gasteiger partial charge on any atom is -0.457 e. The number of aromatic nitrogens is 1. The smallest absolute Gasteiger partial charge is 0.263 e. The van der Waals surface area contributed by atoms with Gasteiger partial charge in [-0.15, -0.1) is 0 Å². The fourth-order valence-electron chi connectivity index (χ4n) is 4.03. The third-order valence-electron chi connectivity index (χ3n) is 5.92. The number of nitrogens with zero attached hydrogens (tertiary/aromatic N) is 3. The van der Waals surface area contributed by atoms with E-state index in [-0.39, 0.29) is 5.91 Å². The first-order valence-corrected chi connectivity index (χ1v) is 12.3. The Balaban J connectivity index is 1.48. The van der Waals surface area contributed by atoms with E-state index >= 15 is 0 Å². The lowest BCUT2D eigenvalue weighted by molar-refractivity contribution is 0.0391. The van der Waals surface area contributed by atoms with Crippen molar-refractivity contribution in [3.8, 4) is 11.5 Å². The van der Waals surface area contributed by atoms with Gasteiger partial charge < -0.3 is 9.47 Å². The van der Waals surface area contributed by atoms with Crippen LogP contribution in [-0.4, -0.2) is 55.2 Å². The minimum absolute atomic E-state index is 0.114. The summed E-state index contributed by atoms with van der Waals surface area (Å²) in [6.45, 7) is 6.53. The summed E-state index contributed by atoms with van der Waals surface area (Å²) < 4.78 is 12.7. The summed E-state index contributed by atoms with van der Waals surface area (Å²) in [5.41, 5.74) is 2.57. The van der Waals surface area contributed by atoms with Gasteiger partial charge in [-0.05, 0) is 42.8 Å². The molecule has 1 amide bonds. The molecule has 6 nitrogen and oxygen atoms in total. The van der Waals surface area contributed by atoms with E-state index in [2.05, 4.69) is 24.0 Å². The number of carbonyl (C=O) groups excluding carboxylic acids is 1. The quantitative estimate of drug-likeness (QED) is 0.361. The maximum absolute atomic E-state index is 14.0. The Morgan fingerprint density at radius 3 is 2.59 bits per heavy atom. The fraction of sp³-hybridized carbons (Fsp3) is 0.259. The largest absolute Gasteiger partial charge is 0.457 e. The molecule has 7 heteroatoms. The van der Waals surface area contributed by atoms with Crippen LogP contribution in [0, 0.1) is 6.92 Å². The number of hydrogen-bond donors (Lipinski definition) is 0. The van der Waals surface area contributed by atoms with Crippen LogP contribution < -0.4 is 9.64 Å². The molecule has 0 radical (unpaired) electrons. The number of rotatable bonds is 7. The molecule has 0 aliphatic carbocycles. The third kappa shape index (κ3) is 4.97. The first-order chi connectivity index (χ1) is 16.7. The normalized spacial score (nSPS) is 14.3. The van der Waals surface area contributed by atoms with Crippen molar-refractivity contribution in [3.63, 3.8) is 0 Å². The van der Waals surface area contributed by atoms with Gasteiger partial charge in [0.2, 0.25) is 0 Å². The van der Waals surface area contributed by atoms with E-state index in [0.29, 0.717) is 28.7 Å². The molecule has 4 aromatic rings. The van der Waals surface area contributed by atoms with Crippen molar-refractivity contribution < 1.29 is 14.3 Å². The van der Waals surface area contributed by atoms with Crippen LogP contribution in [0.15, 0.2) is 72.8 Å². The fourth-order valence-corrected chi connectivity index (χ4v) is 5.10. The number of para-hydroxylation sites is 3. The lowest BCUT2D eigenvalue weighted by atomic mass is 10.1. The molecule has 0 saturated carbocycles. The number of benzene rings is 3. The molecule has 3 aromatic carbocycles. The van der Waals surface area contributed by atoms with E-state index in [4.69, 9.17) is 14.5 Å². The molecule has 1 aliphatic heterocycles. The van der Waals surface area contributed by atoms with Gasteiger partial charge in [0, 0.05) is 26.2 Å². The molecule has 5 rings (SSSR count). The van der Waals surface area contributed by atoms with Gasteiger partial charge in [0.1, 0.15) is 11.5 Å². The summed E-state index contributed by atoms with van der Waals surface area (Å²) in [5.74, 6) is 1.11. The highest BCUT2D eigenvalue weighted by molar-refractivity contribution is 7.22. The van der Waals surface area contributed by atoms with Crippen molar-refractivity contribution in [1.29, 1.82) is 0 Å². The number of anilines is 1. The number of morpholine rings is 1. The van der Waals surface area contributed by atoms with E-state index in [1.807, 2.05) is 60.7 Å². The average Bonchev–Trinajstić information content (AvgIpc) is 3.31. The molecule has 1 aromatic heterocycles. The molecule has 0 spiro atoms. The minimum atomic E-state index is -0.114. The van der Waals surface area contributed by atoms with Crippen LogP contribution in [0.25, 0.3) is 10.2 Å². The van der Waals surface area contributed by atoms with Crippen LogP contribution in [-0.2, 0) is 4.74 Å². The first kappa shape index (κ1) is 22.5. The summed E-state index contributed by atoms with van der Waals surface area (Å²) in [5, 5.41) is 0.706. The Hall–Kier alpha value is -3.26. The number of ether oxygens (including phenoxy) is 2. The standard InChI is InChI=1S/C27H27N3O3S/c1-20-8-7-13-24-25(20)28-27(34-24)30(15-14-29-16-18-32-19-17-29)26(31)22-11-5-6-12-23(22)33-21-9-3-2-4-10-21/h2-13H,14-19H2,1H3. The van der Waals surface area contributed by atoms with E-state index in [0.717, 1.165) is 48.6 Å². The Morgan fingerprint density at radius 2 is 1.79 bits per heavy atom. The topological polar surface area (TPSA) is 54.9 Å². The molecule has 1 aliphatic rings. The van der Waals surface area contributed by atoms with Crippen molar-refractivity contribution in [2.75, 3.05) is 44.3 Å². The number of carbonyl (C=O) groups is 1. The monoisotopic (exact) mass is 473 g/mol. The molecule has 34 heavy (non-hydrogen) atoms. The summed E-state index contributed by atoms with van der Waals surface area (Å²) >= 11 is 1.55.